The second-order valence-electron chi connectivity index (χ2n) is 5.36. The van der Waals surface area contributed by atoms with Crippen molar-refractivity contribution in [2.75, 3.05) is 0 Å². The second-order valence-corrected chi connectivity index (χ2v) is 7.38. The van der Waals surface area contributed by atoms with Crippen LogP contribution in [0.15, 0.2) is 24.4 Å². The number of halogens is 10. The van der Waals surface area contributed by atoms with Gasteiger partial charge in [0, 0.05) is 14.1 Å². The van der Waals surface area contributed by atoms with Gasteiger partial charge < -0.3 is 0 Å². The fraction of sp³-hybridized carbons (Fsp3) is 0. The molecule has 0 aliphatic carbocycles. The Kier molecular flexibility index (Phi) is 5.53. The average molecular weight is 443 g/mol. The number of benzene rings is 2. The molecule has 3 aromatic rings. The fourth-order valence-electron chi connectivity index (χ4n) is 2.41. The van der Waals surface area contributed by atoms with Crippen molar-refractivity contribution in [1.29, 1.82) is 0 Å². The fourth-order valence-corrected chi connectivity index (χ4v) is 4.68. The van der Waals surface area contributed by atoms with E-state index in [0.29, 0.717) is 0 Å². The maximum Gasteiger partial charge on any atom is 0.200 e. The van der Waals surface area contributed by atoms with Crippen molar-refractivity contribution in [3.05, 3.63) is 82.6 Å². The van der Waals surface area contributed by atoms with Crippen LogP contribution in [0.25, 0.3) is 0 Å². The Hall–Kier alpha value is -2.68. The predicted molar refractivity (Wildman–Crippen MR) is 82.5 cm³/mol. The SMILES string of the molecule is Fc1c(F)c(F)c(P(c2ccccn2)c2c(F)c(F)c(F)c(F)c2F)c(F)c1F. The molecule has 0 N–H and O–H groups in total. The van der Waals surface area contributed by atoms with Crippen LogP contribution in [0.3, 0.4) is 0 Å². The molecule has 0 spiro atoms. The first kappa shape index (κ1) is 21.0. The molecule has 1 heterocycles. The molecule has 0 amide bonds. The van der Waals surface area contributed by atoms with Crippen LogP contribution in [-0.2, 0) is 0 Å². The van der Waals surface area contributed by atoms with E-state index in [1.807, 2.05) is 0 Å². The highest BCUT2D eigenvalue weighted by Gasteiger charge is 2.38. The van der Waals surface area contributed by atoms with E-state index in [9.17, 15) is 43.9 Å². The summed E-state index contributed by atoms with van der Waals surface area (Å²) in [6.45, 7) is 0. The zero-order valence-corrected chi connectivity index (χ0v) is 14.4. The number of aromatic nitrogens is 1. The first-order chi connectivity index (χ1) is 13.6. The van der Waals surface area contributed by atoms with E-state index >= 15 is 0 Å². The van der Waals surface area contributed by atoms with Gasteiger partial charge in [-0.25, -0.2) is 43.9 Å². The number of nitrogens with zero attached hydrogens (tertiary/aromatic N) is 1. The molecule has 0 aliphatic rings. The minimum absolute atomic E-state index is 0.672. The summed E-state index contributed by atoms with van der Waals surface area (Å²) in [7, 11) is -3.52. The number of pyridine rings is 1. The smallest absolute Gasteiger partial charge is 0.200 e. The van der Waals surface area contributed by atoms with E-state index in [1.165, 1.54) is 6.07 Å². The topological polar surface area (TPSA) is 12.9 Å². The van der Waals surface area contributed by atoms with Crippen molar-refractivity contribution in [2.24, 2.45) is 0 Å². The minimum atomic E-state index is -3.52. The van der Waals surface area contributed by atoms with Gasteiger partial charge in [0.2, 0.25) is 11.6 Å². The monoisotopic (exact) mass is 443 g/mol. The summed E-state index contributed by atoms with van der Waals surface area (Å²) in [6, 6.07) is 3.23. The summed E-state index contributed by atoms with van der Waals surface area (Å²) in [5.41, 5.74) is -0.672. The lowest BCUT2D eigenvalue weighted by molar-refractivity contribution is 0.383. The molecule has 0 saturated carbocycles. The molecule has 2 aromatic carbocycles. The summed E-state index contributed by atoms with van der Waals surface area (Å²) < 4.78 is 139. The maximum atomic E-state index is 14.3. The average Bonchev–Trinajstić information content (AvgIpc) is 2.73. The van der Waals surface area contributed by atoms with Crippen LogP contribution in [0.2, 0.25) is 0 Å². The van der Waals surface area contributed by atoms with Gasteiger partial charge in [-0.3, -0.25) is 4.98 Å². The molecule has 1 nitrogen and oxygen atoms in total. The van der Waals surface area contributed by atoms with Gasteiger partial charge in [-0.15, -0.1) is 0 Å². The van der Waals surface area contributed by atoms with Crippen molar-refractivity contribution >= 4 is 24.0 Å². The van der Waals surface area contributed by atoms with Gasteiger partial charge in [0.1, 0.15) is 0 Å². The zero-order chi connectivity index (χ0) is 21.6. The molecular weight excluding hydrogens is 439 g/mol. The highest BCUT2D eigenvalue weighted by Crippen LogP contribution is 2.39. The summed E-state index contributed by atoms with van der Waals surface area (Å²) in [6.07, 6.45) is 0.933. The van der Waals surface area contributed by atoms with Gasteiger partial charge in [-0.05, 0) is 12.1 Å². The molecule has 0 saturated heterocycles. The lowest BCUT2D eigenvalue weighted by Crippen LogP contribution is -2.33. The van der Waals surface area contributed by atoms with Gasteiger partial charge in [-0.2, -0.15) is 0 Å². The Bertz CT molecular complexity index is 992. The minimum Gasteiger partial charge on any atom is -0.256 e. The van der Waals surface area contributed by atoms with Crippen molar-refractivity contribution in [3.8, 4) is 0 Å². The Labute approximate surface area is 156 Å². The molecule has 0 aliphatic heterocycles. The molecule has 0 radical (unpaired) electrons. The van der Waals surface area contributed by atoms with E-state index in [1.54, 1.807) is 0 Å². The first-order valence-corrected chi connectivity index (χ1v) is 8.67. The third kappa shape index (κ3) is 3.23. The standard InChI is InChI=1S/C17H4F10NP/c18-6-8(20)12(24)16(13(25)9(6)21)29(5-3-1-2-4-28-5)17-14(26)10(22)7(19)11(23)15(17)27/h1-4H. The molecule has 1 aromatic heterocycles. The molecule has 12 heteroatoms. The highest BCUT2D eigenvalue weighted by molar-refractivity contribution is 7.79. The molecule has 152 valence electrons. The van der Waals surface area contributed by atoms with Crippen LogP contribution in [0.1, 0.15) is 0 Å². The summed E-state index contributed by atoms with van der Waals surface area (Å²) >= 11 is 0. The van der Waals surface area contributed by atoms with Crippen LogP contribution in [0.4, 0.5) is 43.9 Å². The van der Waals surface area contributed by atoms with Gasteiger partial charge >= 0.3 is 0 Å². The van der Waals surface area contributed by atoms with Gasteiger partial charge in [-0.1, -0.05) is 6.07 Å². The van der Waals surface area contributed by atoms with Gasteiger partial charge in [0.05, 0.1) is 16.0 Å². The molecule has 0 unspecified atom stereocenters. The summed E-state index contributed by atoms with van der Waals surface area (Å²) in [4.78, 5) is 3.54. The summed E-state index contributed by atoms with van der Waals surface area (Å²) in [5, 5.41) is -3.53. The summed E-state index contributed by atoms with van der Waals surface area (Å²) in [5.74, 6) is -24.9. The van der Waals surface area contributed by atoms with Crippen LogP contribution < -0.4 is 16.0 Å². The van der Waals surface area contributed by atoms with Crippen LogP contribution >= 0.6 is 7.92 Å². The third-order valence-corrected chi connectivity index (χ3v) is 6.10. The lowest BCUT2D eigenvalue weighted by Gasteiger charge is -2.21. The molecular formula is C17H4F10NP. The molecule has 29 heavy (non-hydrogen) atoms. The maximum absolute atomic E-state index is 14.3. The predicted octanol–water partition coefficient (Wildman–Crippen LogP) is 4.23. The van der Waals surface area contributed by atoms with Crippen LogP contribution in [0, 0.1) is 58.2 Å². The molecule has 0 atom stereocenters. The van der Waals surface area contributed by atoms with E-state index in [4.69, 9.17) is 0 Å². The largest absolute Gasteiger partial charge is 0.256 e. The highest BCUT2D eigenvalue weighted by atomic mass is 31.1. The van der Waals surface area contributed by atoms with Crippen molar-refractivity contribution in [2.45, 2.75) is 0 Å². The van der Waals surface area contributed by atoms with E-state index in [-0.39, 0.29) is 0 Å². The van der Waals surface area contributed by atoms with Crippen LogP contribution in [-0.4, -0.2) is 4.98 Å². The molecule has 3 rings (SSSR count). The molecule has 0 bridgehead atoms. The van der Waals surface area contributed by atoms with Crippen LogP contribution in [0.5, 0.6) is 0 Å². The van der Waals surface area contributed by atoms with Crippen molar-refractivity contribution < 1.29 is 43.9 Å². The van der Waals surface area contributed by atoms with E-state index < -0.39 is 82.1 Å². The van der Waals surface area contributed by atoms with Crippen molar-refractivity contribution in [3.63, 3.8) is 0 Å². The van der Waals surface area contributed by atoms with Gasteiger partial charge in [0.25, 0.3) is 0 Å². The Morgan fingerprint density at radius 1 is 0.483 bits per heavy atom. The van der Waals surface area contributed by atoms with E-state index in [2.05, 4.69) is 4.98 Å². The quantitative estimate of drug-likeness (QED) is 0.256. The third-order valence-electron chi connectivity index (χ3n) is 3.70. The number of hydrogen-bond acceptors (Lipinski definition) is 1. The van der Waals surface area contributed by atoms with Crippen molar-refractivity contribution in [1.82, 2.24) is 4.98 Å². The Morgan fingerprint density at radius 3 is 1.14 bits per heavy atom. The van der Waals surface area contributed by atoms with E-state index in [0.717, 1.165) is 18.3 Å². The zero-order valence-electron chi connectivity index (χ0n) is 13.5. The second kappa shape index (κ2) is 7.62. The Balaban J connectivity index is 2.50. The molecule has 0 fully saturated rings. The number of hydrogen-bond donors (Lipinski definition) is 0. The Morgan fingerprint density at radius 2 is 0.828 bits per heavy atom. The lowest BCUT2D eigenvalue weighted by atomic mass is 10.3. The first-order valence-electron chi connectivity index (χ1n) is 7.33. The normalized spacial score (nSPS) is 11.4. The number of rotatable bonds is 3. The van der Waals surface area contributed by atoms with Gasteiger partial charge in [0.15, 0.2) is 46.5 Å².